The van der Waals surface area contributed by atoms with E-state index in [4.69, 9.17) is 11.6 Å². The number of rotatable bonds is 6. The van der Waals surface area contributed by atoms with Crippen molar-refractivity contribution in [3.8, 4) is 0 Å². The Morgan fingerprint density at radius 1 is 1.35 bits per heavy atom. The van der Waals surface area contributed by atoms with E-state index in [2.05, 4.69) is 9.71 Å². The molecule has 23 heavy (non-hydrogen) atoms. The topological polar surface area (TPSA) is 79.3 Å². The van der Waals surface area contributed by atoms with Gasteiger partial charge in [-0.3, -0.25) is 4.72 Å². The second-order valence-corrected chi connectivity index (χ2v) is 8.16. The minimum Gasteiger partial charge on any atom is -0.384 e. The SMILES string of the molecule is CCC(O)(CC)c1csc(NS(=O)(=O)c2cccc(Cl)c2C)n1. The zero-order valence-electron chi connectivity index (χ0n) is 13.1. The highest BCUT2D eigenvalue weighted by Crippen LogP contribution is 2.32. The number of hydrogen-bond donors (Lipinski definition) is 2. The molecule has 0 spiro atoms. The van der Waals surface area contributed by atoms with Crippen molar-refractivity contribution in [2.45, 2.75) is 44.1 Å². The highest BCUT2D eigenvalue weighted by atomic mass is 35.5. The van der Waals surface area contributed by atoms with E-state index < -0.39 is 15.6 Å². The molecule has 0 radical (unpaired) electrons. The molecule has 126 valence electrons. The van der Waals surface area contributed by atoms with Crippen LogP contribution >= 0.6 is 22.9 Å². The number of sulfonamides is 1. The van der Waals surface area contributed by atoms with Crippen LogP contribution in [0, 0.1) is 6.92 Å². The molecule has 0 saturated heterocycles. The van der Waals surface area contributed by atoms with Crippen molar-refractivity contribution in [1.29, 1.82) is 0 Å². The summed E-state index contributed by atoms with van der Waals surface area (Å²) in [5.74, 6) is 0. The zero-order valence-corrected chi connectivity index (χ0v) is 15.5. The Kier molecular flexibility index (Phi) is 5.35. The molecule has 8 heteroatoms. The van der Waals surface area contributed by atoms with Gasteiger partial charge in [0.05, 0.1) is 10.6 Å². The van der Waals surface area contributed by atoms with E-state index in [0.717, 1.165) is 11.3 Å². The van der Waals surface area contributed by atoms with Gasteiger partial charge in [-0.1, -0.05) is 31.5 Å². The van der Waals surface area contributed by atoms with E-state index in [-0.39, 0.29) is 10.0 Å². The van der Waals surface area contributed by atoms with Crippen LogP contribution in [0.5, 0.6) is 0 Å². The number of aliphatic hydroxyl groups is 1. The van der Waals surface area contributed by atoms with Gasteiger partial charge in [0.1, 0.15) is 5.60 Å². The number of thiazole rings is 1. The van der Waals surface area contributed by atoms with E-state index >= 15 is 0 Å². The lowest BCUT2D eigenvalue weighted by Gasteiger charge is -2.22. The highest BCUT2D eigenvalue weighted by Gasteiger charge is 2.28. The largest absolute Gasteiger partial charge is 0.384 e. The molecule has 0 atom stereocenters. The lowest BCUT2D eigenvalue weighted by molar-refractivity contribution is 0.0247. The van der Waals surface area contributed by atoms with Crippen LogP contribution in [-0.4, -0.2) is 18.5 Å². The molecule has 0 unspecified atom stereocenters. The monoisotopic (exact) mass is 374 g/mol. The van der Waals surface area contributed by atoms with Crippen LogP contribution in [0.4, 0.5) is 5.13 Å². The quantitative estimate of drug-likeness (QED) is 0.803. The average molecular weight is 375 g/mol. The summed E-state index contributed by atoms with van der Waals surface area (Å²) in [5, 5.41) is 12.7. The summed E-state index contributed by atoms with van der Waals surface area (Å²) in [4.78, 5) is 4.35. The Morgan fingerprint density at radius 3 is 2.61 bits per heavy atom. The van der Waals surface area contributed by atoms with Gasteiger partial charge in [-0.2, -0.15) is 0 Å². The van der Waals surface area contributed by atoms with Gasteiger partial charge in [-0.05, 0) is 37.5 Å². The number of nitrogens with one attached hydrogen (secondary N) is 1. The third-order valence-electron chi connectivity index (χ3n) is 3.88. The Balaban J connectivity index is 2.32. The van der Waals surface area contributed by atoms with Crippen LogP contribution in [0.2, 0.25) is 5.02 Å². The number of hydrogen-bond acceptors (Lipinski definition) is 5. The van der Waals surface area contributed by atoms with Gasteiger partial charge in [0, 0.05) is 10.4 Å². The lowest BCUT2D eigenvalue weighted by atomic mass is 9.94. The number of halogens is 1. The Labute approximate surface area is 145 Å². The fourth-order valence-electron chi connectivity index (χ4n) is 2.20. The lowest BCUT2D eigenvalue weighted by Crippen LogP contribution is -2.24. The predicted molar refractivity (Wildman–Crippen MR) is 93.6 cm³/mol. The first-order chi connectivity index (χ1) is 10.7. The molecule has 0 aliphatic carbocycles. The van der Waals surface area contributed by atoms with Crippen molar-refractivity contribution in [3.63, 3.8) is 0 Å². The summed E-state index contributed by atoms with van der Waals surface area (Å²) >= 11 is 7.13. The molecule has 1 aromatic carbocycles. The minimum absolute atomic E-state index is 0.114. The van der Waals surface area contributed by atoms with Crippen molar-refractivity contribution >= 4 is 38.1 Å². The summed E-state index contributed by atoms with van der Waals surface area (Å²) in [5.41, 5.74) is -0.0725. The molecule has 0 amide bonds. The summed E-state index contributed by atoms with van der Waals surface area (Å²) in [6.07, 6.45) is 1.01. The third-order valence-corrected chi connectivity index (χ3v) is 6.66. The standard InChI is InChI=1S/C15H19ClN2O3S2/c1-4-15(19,5-2)13-9-22-14(17-13)18-23(20,21)12-8-6-7-11(16)10(12)3/h6-9,19H,4-5H2,1-3H3,(H,17,18). The van der Waals surface area contributed by atoms with Gasteiger partial charge in [-0.15, -0.1) is 11.3 Å². The molecule has 2 aromatic rings. The Morgan fingerprint density at radius 2 is 2.00 bits per heavy atom. The normalized spacial score (nSPS) is 12.4. The summed E-state index contributed by atoms with van der Waals surface area (Å²) in [6, 6.07) is 4.72. The maximum atomic E-state index is 12.5. The number of aromatic nitrogens is 1. The fraction of sp³-hybridized carbons (Fsp3) is 0.400. The minimum atomic E-state index is -3.78. The van der Waals surface area contributed by atoms with Crippen LogP contribution < -0.4 is 4.72 Å². The van der Waals surface area contributed by atoms with Crippen molar-refractivity contribution in [3.05, 3.63) is 39.9 Å². The van der Waals surface area contributed by atoms with Crippen LogP contribution in [-0.2, 0) is 15.6 Å². The molecular formula is C15H19ClN2O3S2. The van der Waals surface area contributed by atoms with Gasteiger partial charge in [-0.25, -0.2) is 13.4 Å². The molecule has 5 nitrogen and oxygen atoms in total. The molecule has 2 rings (SSSR count). The van der Waals surface area contributed by atoms with Gasteiger partial charge in [0.25, 0.3) is 10.0 Å². The van der Waals surface area contributed by atoms with Crippen molar-refractivity contribution < 1.29 is 13.5 Å². The molecular weight excluding hydrogens is 356 g/mol. The predicted octanol–water partition coefficient (Wildman–Crippen LogP) is 3.91. The fourth-order valence-corrected chi connectivity index (χ4v) is 4.75. The number of anilines is 1. The molecule has 0 bridgehead atoms. The molecule has 0 aliphatic rings. The van der Waals surface area contributed by atoms with Crippen molar-refractivity contribution in [1.82, 2.24) is 4.98 Å². The maximum absolute atomic E-state index is 12.5. The average Bonchev–Trinajstić information content (AvgIpc) is 2.97. The molecule has 1 heterocycles. The van der Waals surface area contributed by atoms with E-state index in [1.54, 1.807) is 24.4 Å². The van der Waals surface area contributed by atoms with E-state index in [1.807, 2.05) is 13.8 Å². The second kappa shape index (κ2) is 6.76. The molecule has 0 fully saturated rings. The van der Waals surface area contributed by atoms with Gasteiger partial charge in [0.2, 0.25) is 0 Å². The number of benzene rings is 1. The first-order valence-electron chi connectivity index (χ1n) is 7.20. The second-order valence-electron chi connectivity index (χ2n) is 5.25. The van der Waals surface area contributed by atoms with E-state index in [1.165, 1.54) is 6.07 Å². The summed E-state index contributed by atoms with van der Waals surface area (Å²) in [6.45, 7) is 5.38. The Hall–Kier alpha value is -1.15. The summed E-state index contributed by atoms with van der Waals surface area (Å²) in [7, 11) is -3.78. The molecule has 2 N–H and O–H groups in total. The van der Waals surface area contributed by atoms with Gasteiger partial charge >= 0.3 is 0 Å². The van der Waals surface area contributed by atoms with Gasteiger partial charge in [0.15, 0.2) is 5.13 Å². The first-order valence-corrected chi connectivity index (χ1v) is 9.94. The maximum Gasteiger partial charge on any atom is 0.263 e. The molecule has 0 saturated carbocycles. The smallest absolute Gasteiger partial charge is 0.263 e. The van der Waals surface area contributed by atoms with Crippen LogP contribution in [0.15, 0.2) is 28.5 Å². The molecule has 1 aromatic heterocycles. The third kappa shape index (κ3) is 3.68. The summed E-state index contributed by atoms with van der Waals surface area (Å²) < 4.78 is 27.5. The van der Waals surface area contributed by atoms with Crippen molar-refractivity contribution in [2.75, 3.05) is 4.72 Å². The van der Waals surface area contributed by atoms with Gasteiger partial charge < -0.3 is 5.11 Å². The Bertz CT molecular complexity index is 799. The first kappa shape index (κ1) is 18.2. The van der Waals surface area contributed by atoms with Crippen LogP contribution in [0.1, 0.15) is 37.9 Å². The van der Waals surface area contributed by atoms with Crippen molar-refractivity contribution in [2.24, 2.45) is 0 Å². The van der Waals surface area contributed by atoms with Crippen LogP contribution in [0.3, 0.4) is 0 Å². The number of nitrogens with zero attached hydrogens (tertiary/aromatic N) is 1. The van der Waals surface area contributed by atoms with E-state index in [0.29, 0.717) is 29.1 Å². The van der Waals surface area contributed by atoms with E-state index in [9.17, 15) is 13.5 Å². The van der Waals surface area contributed by atoms with Crippen LogP contribution in [0.25, 0.3) is 0 Å². The molecule has 0 aliphatic heterocycles. The zero-order chi connectivity index (χ0) is 17.3. The highest BCUT2D eigenvalue weighted by molar-refractivity contribution is 7.93.